The summed E-state index contributed by atoms with van der Waals surface area (Å²) in [4.78, 5) is 12.4. The first-order chi connectivity index (χ1) is 15.8. The van der Waals surface area contributed by atoms with Crippen molar-refractivity contribution in [1.29, 1.82) is 0 Å². The highest BCUT2D eigenvalue weighted by Gasteiger charge is 2.15. The number of anilines is 2. The number of hydrogen-bond acceptors (Lipinski definition) is 4. The highest BCUT2D eigenvalue weighted by Crippen LogP contribution is 2.25. The summed E-state index contributed by atoms with van der Waals surface area (Å²) in [6.45, 7) is 1.62. The highest BCUT2D eigenvalue weighted by molar-refractivity contribution is 7.92. The Hall–Kier alpha value is -3.55. The Balaban J connectivity index is 1.38. The molecular formula is C25H21ClN2O4S. The van der Waals surface area contributed by atoms with Crippen molar-refractivity contribution in [2.24, 2.45) is 0 Å². The van der Waals surface area contributed by atoms with Gasteiger partial charge in [-0.1, -0.05) is 54.1 Å². The van der Waals surface area contributed by atoms with Crippen molar-refractivity contribution in [3.05, 3.63) is 95.5 Å². The molecule has 4 aromatic rings. The molecule has 0 spiro atoms. The van der Waals surface area contributed by atoms with Gasteiger partial charge in [0.2, 0.25) is 0 Å². The fourth-order valence-corrected chi connectivity index (χ4v) is 4.49. The van der Waals surface area contributed by atoms with Crippen molar-refractivity contribution >= 4 is 49.7 Å². The van der Waals surface area contributed by atoms with Gasteiger partial charge in [-0.15, -0.1) is 0 Å². The van der Waals surface area contributed by atoms with Crippen LogP contribution in [0.1, 0.15) is 5.56 Å². The molecule has 33 heavy (non-hydrogen) atoms. The monoisotopic (exact) mass is 480 g/mol. The van der Waals surface area contributed by atoms with Gasteiger partial charge in [0.25, 0.3) is 15.9 Å². The molecule has 0 saturated heterocycles. The summed E-state index contributed by atoms with van der Waals surface area (Å²) in [5.41, 5.74) is 1.92. The van der Waals surface area contributed by atoms with Crippen LogP contribution in [0.25, 0.3) is 10.8 Å². The van der Waals surface area contributed by atoms with Crippen LogP contribution in [0.5, 0.6) is 5.75 Å². The Morgan fingerprint density at radius 2 is 1.67 bits per heavy atom. The van der Waals surface area contributed by atoms with Gasteiger partial charge in [0.1, 0.15) is 5.75 Å². The molecule has 0 unspecified atom stereocenters. The number of nitrogens with one attached hydrogen (secondary N) is 2. The summed E-state index contributed by atoms with van der Waals surface area (Å²) in [6, 6.07) is 24.2. The van der Waals surface area contributed by atoms with Crippen LogP contribution in [-0.4, -0.2) is 20.9 Å². The molecule has 8 heteroatoms. The van der Waals surface area contributed by atoms with Gasteiger partial charge in [-0.3, -0.25) is 9.52 Å². The number of sulfonamides is 1. The second-order valence-corrected chi connectivity index (χ2v) is 9.49. The smallest absolute Gasteiger partial charge is 0.262 e. The normalized spacial score (nSPS) is 11.2. The van der Waals surface area contributed by atoms with E-state index in [4.69, 9.17) is 16.3 Å². The summed E-state index contributed by atoms with van der Waals surface area (Å²) < 4.78 is 33.3. The number of benzene rings is 4. The first kappa shape index (κ1) is 22.6. The lowest BCUT2D eigenvalue weighted by Crippen LogP contribution is -2.20. The van der Waals surface area contributed by atoms with Gasteiger partial charge >= 0.3 is 0 Å². The lowest BCUT2D eigenvalue weighted by Gasteiger charge is -2.11. The molecule has 168 valence electrons. The van der Waals surface area contributed by atoms with E-state index in [-0.39, 0.29) is 17.4 Å². The molecular weight excluding hydrogens is 460 g/mol. The number of amides is 1. The van der Waals surface area contributed by atoms with Gasteiger partial charge in [0.05, 0.1) is 10.6 Å². The van der Waals surface area contributed by atoms with Crippen molar-refractivity contribution in [1.82, 2.24) is 0 Å². The van der Waals surface area contributed by atoms with Crippen molar-refractivity contribution in [2.45, 2.75) is 11.8 Å². The molecule has 0 aliphatic heterocycles. The predicted molar refractivity (Wildman–Crippen MR) is 132 cm³/mol. The maximum Gasteiger partial charge on any atom is 0.262 e. The number of rotatable bonds is 7. The third-order valence-electron chi connectivity index (χ3n) is 4.99. The van der Waals surface area contributed by atoms with Gasteiger partial charge in [-0.05, 0) is 60.3 Å². The molecule has 4 rings (SSSR count). The molecule has 0 aromatic heterocycles. The van der Waals surface area contributed by atoms with Crippen LogP contribution in [0, 0.1) is 6.92 Å². The SMILES string of the molecule is Cc1ccc(NS(=O)(=O)c2ccc(OCC(=O)Nc3cccc4ccccc34)cc2)cc1Cl. The number of ether oxygens (including phenoxy) is 1. The second-order valence-electron chi connectivity index (χ2n) is 7.40. The Labute approximate surface area is 197 Å². The van der Waals surface area contributed by atoms with Gasteiger partial charge in [0.15, 0.2) is 6.61 Å². The summed E-state index contributed by atoms with van der Waals surface area (Å²) >= 11 is 6.07. The molecule has 0 radical (unpaired) electrons. The second kappa shape index (κ2) is 9.52. The minimum atomic E-state index is -3.80. The van der Waals surface area contributed by atoms with Crippen molar-refractivity contribution < 1.29 is 17.9 Å². The molecule has 0 heterocycles. The average molecular weight is 481 g/mol. The van der Waals surface area contributed by atoms with Gasteiger partial charge in [0, 0.05) is 16.1 Å². The van der Waals surface area contributed by atoms with Gasteiger partial charge < -0.3 is 10.1 Å². The third-order valence-corrected chi connectivity index (χ3v) is 6.80. The van der Waals surface area contributed by atoms with E-state index in [1.54, 1.807) is 18.2 Å². The number of carbonyl (C=O) groups excluding carboxylic acids is 1. The maximum atomic E-state index is 12.6. The van der Waals surface area contributed by atoms with Crippen LogP contribution in [0.15, 0.2) is 89.8 Å². The highest BCUT2D eigenvalue weighted by atomic mass is 35.5. The van der Waals surface area contributed by atoms with Crippen LogP contribution >= 0.6 is 11.6 Å². The minimum absolute atomic E-state index is 0.0618. The Morgan fingerprint density at radius 1 is 0.939 bits per heavy atom. The average Bonchev–Trinajstić information content (AvgIpc) is 2.80. The summed E-state index contributed by atoms with van der Waals surface area (Å²) in [6.07, 6.45) is 0. The zero-order valence-corrected chi connectivity index (χ0v) is 19.3. The van der Waals surface area contributed by atoms with Crippen molar-refractivity contribution in [2.75, 3.05) is 16.6 Å². The molecule has 0 aliphatic rings. The molecule has 1 amide bonds. The first-order valence-corrected chi connectivity index (χ1v) is 12.0. The summed E-state index contributed by atoms with van der Waals surface area (Å²) in [5, 5.41) is 5.28. The molecule has 0 saturated carbocycles. The zero-order chi connectivity index (χ0) is 23.4. The standard InChI is InChI=1S/C25H21ClN2O4S/c1-17-9-10-19(15-23(17)26)28-33(30,31)21-13-11-20(12-14-21)32-16-25(29)27-24-8-4-6-18-5-2-3-7-22(18)24/h2-15,28H,16H2,1H3,(H,27,29). The Bertz CT molecular complexity index is 1420. The van der Waals surface area contributed by atoms with E-state index >= 15 is 0 Å². The van der Waals surface area contributed by atoms with Crippen molar-refractivity contribution in [3.63, 3.8) is 0 Å². The fraction of sp³-hybridized carbons (Fsp3) is 0.0800. The Morgan fingerprint density at radius 3 is 2.42 bits per heavy atom. The summed E-state index contributed by atoms with van der Waals surface area (Å²) in [5.74, 6) is 0.0568. The van der Waals surface area contributed by atoms with Crippen molar-refractivity contribution in [3.8, 4) is 5.75 Å². The topological polar surface area (TPSA) is 84.5 Å². The number of aryl methyl sites for hydroxylation is 1. The molecule has 0 atom stereocenters. The van der Waals surface area contributed by atoms with E-state index in [2.05, 4.69) is 10.0 Å². The van der Waals surface area contributed by atoms with E-state index in [0.717, 1.165) is 16.3 Å². The number of fused-ring (bicyclic) bond motifs is 1. The number of carbonyl (C=O) groups is 1. The molecule has 4 aromatic carbocycles. The molecule has 0 bridgehead atoms. The van der Waals surface area contributed by atoms with E-state index in [0.29, 0.717) is 22.1 Å². The van der Waals surface area contributed by atoms with Crippen LogP contribution in [0.4, 0.5) is 11.4 Å². The fourth-order valence-electron chi connectivity index (χ4n) is 3.26. The zero-order valence-electron chi connectivity index (χ0n) is 17.7. The predicted octanol–water partition coefficient (Wildman–Crippen LogP) is 5.62. The first-order valence-electron chi connectivity index (χ1n) is 10.1. The molecule has 6 nitrogen and oxygen atoms in total. The minimum Gasteiger partial charge on any atom is -0.484 e. The third kappa shape index (κ3) is 5.45. The van der Waals surface area contributed by atoms with Gasteiger partial charge in [-0.2, -0.15) is 0 Å². The quantitative estimate of drug-likeness (QED) is 0.359. The van der Waals surface area contributed by atoms with E-state index in [1.807, 2.05) is 49.4 Å². The Kier molecular flexibility index (Phi) is 6.53. The van der Waals surface area contributed by atoms with Crippen LogP contribution < -0.4 is 14.8 Å². The van der Waals surface area contributed by atoms with Crippen LogP contribution in [0.2, 0.25) is 5.02 Å². The number of halogens is 1. The largest absolute Gasteiger partial charge is 0.484 e. The molecule has 0 fully saturated rings. The lowest BCUT2D eigenvalue weighted by molar-refractivity contribution is -0.118. The maximum absolute atomic E-state index is 12.6. The molecule has 2 N–H and O–H groups in total. The lowest BCUT2D eigenvalue weighted by atomic mass is 10.1. The van der Waals surface area contributed by atoms with Crippen LogP contribution in [0.3, 0.4) is 0 Å². The van der Waals surface area contributed by atoms with E-state index in [1.165, 1.54) is 24.3 Å². The summed E-state index contributed by atoms with van der Waals surface area (Å²) in [7, 11) is -3.80. The van der Waals surface area contributed by atoms with Gasteiger partial charge in [-0.25, -0.2) is 8.42 Å². The molecule has 0 aliphatic carbocycles. The number of hydrogen-bond donors (Lipinski definition) is 2. The van der Waals surface area contributed by atoms with Crippen LogP contribution in [-0.2, 0) is 14.8 Å². The van der Waals surface area contributed by atoms with E-state index in [9.17, 15) is 13.2 Å². The van der Waals surface area contributed by atoms with E-state index < -0.39 is 10.0 Å².